The summed E-state index contributed by atoms with van der Waals surface area (Å²) < 4.78 is 30.8. The van der Waals surface area contributed by atoms with E-state index in [1.54, 1.807) is 0 Å². The molecule has 0 saturated heterocycles. The number of benzene rings is 1. The summed E-state index contributed by atoms with van der Waals surface area (Å²) in [5, 5.41) is 13.8. The highest BCUT2D eigenvalue weighted by Crippen LogP contribution is 2.31. The average molecular weight is 241 g/mol. The van der Waals surface area contributed by atoms with Gasteiger partial charge in [-0.3, -0.25) is 10.1 Å². The molecule has 6 nitrogen and oxygen atoms in total. The van der Waals surface area contributed by atoms with Crippen LogP contribution in [0.2, 0.25) is 0 Å². The van der Waals surface area contributed by atoms with Crippen LogP contribution in [0, 0.1) is 21.7 Å². The first-order valence-corrected chi connectivity index (χ1v) is 4.34. The van der Waals surface area contributed by atoms with E-state index < -0.39 is 22.2 Å². The van der Waals surface area contributed by atoms with Crippen LogP contribution in [0.15, 0.2) is 22.9 Å². The molecule has 0 aliphatic carbocycles. The molecule has 8 heteroatoms. The molecule has 0 saturated carbocycles. The van der Waals surface area contributed by atoms with Gasteiger partial charge in [0.15, 0.2) is 5.82 Å². The smallest absolute Gasteiger partial charge is 0.308 e. The first-order chi connectivity index (χ1) is 8.00. The molecular formula is C9H5F2N3O3. The number of halogens is 2. The van der Waals surface area contributed by atoms with Crippen LogP contribution in [0.25, 0.3) is 11.1 Å². The van der Waals surface area contributed by atoms with Gasteiger partial charge in [0.05, 0.1) is 16.7 Å². The molecule has 17 heavy (non-hydrogen) atoms. The fourth-order valence-corrected chi connectivity index (χ4v) is 1.33. The number of hydrogen-bond acceptors (Lipinski definition) is 5. The zero-order valence-electron chi connectivity index (χ0n) is 8.18. The molecule has 2 aromatic rings. The van der Waals surface area contributed by atoms with Gasteiger partial charge in [-0.25, -0.2) is 4.39 Å². The van der Waals surface area contributed by atoms with E-state index in [0.29, 0.717) is 0 Å². The highest BCUT2D eigenvalue weighted by molar-refractivity contribution is 5.73. The number of nitrogen functional groups attached to an aromatic ring is 1. The second kappa shape index (κ2) is 3.81. The van der Waals surface area contributed by atoms with Gasteiger partial charge in [-0.05, 0) is 11.6 Å². The van der Waals surface area contributed by atoms with Crippen molar-refractivity contribution in [3.63, 3.8) is 0 Å². The number of hydrogen-bond donors (Lipinski definition) is 1. The summed E-state index contributed by atoms with van der Waals surface area (Å²) in [5.41, 5.74) is 4.58. The van der Waals surface area contributed by atoms with Gasteiger partial charge in [-0.1, -0.05) is 5.16 Å². The number of anilines is 1. The molecule has 1 aromatic heterocycles. The zero-order valence-corrected chi connectivity index (χ0v) is 8.18. The Morgan fingerprint density at radius 3 is 2.65 bits per heavy atom. The van der Waals surface area contributed by atoms with E-state index in [-0.39, 0.29) is 17.0 Å². The highest BCUT2D eigenvalue weighted by atomic mass is 19.2. The fourth-order valence-electron chi connectivity index (χ4n) is 1.33. The zero-order chi connectivity index (χ0) is 12.6. The van der Waals surface area contributed by atoms with Crippen molar-refractivity contribution in [1.82, 2.24) is 5.16 Å². The standard InChI is InChI=1S/C9H5F2N3O3/c10-6-1-4(5-3-13-17-9(5)12)2-7(8(6)11)14(15)16/h1-3H,12H2. The van der Waals surface area contributed by atoms with Gasteiger partial charge in [0.2, 0.25) is 11.7 Å². The molecule has 0 bridgehead atoms. The summed E-state index contributed by atoms with van der Waals surface area (Å²) in [5.74, 6) is -2.99. The van der Waals surface area contributed by atoms with Crippen LogP contribution in [0.1, 0.15) is 0 Å². The molecule has 2 rings (SSSR count). The highest BCUT2D eigenvalue weighted by Gasteiger charge is 2.22. The summed E-state index contributed by atoms with van der Waals surface area (Å²) >= 11 is 0. The van der Waals surface area contributed by atoms with Crippen LogP contribution < -0.4 is 5.73 Å². The third-order valence-electron chi connectivity index (χ3n) is 2.12. The Kier molecular flexibility index (Phi) is 2.47. The van der Waals surface area contributed by atoms with Crippen molar-refractivity contribution in [3.05, 3.63) is 40.1 Å². The van der Waals surface area contributed by atoms with E-state index in [1.165, 1.54) is 0 Å². The Morgan fingerprint density at radius 1 is 1.41 bits per heavy atom. The number of aromatic nitrogens is 1. The molecule has 0 fully saturated rings. The van der Waals surface area contributed by atoms with Crippen molar-refractivity contribution in [2.45, 2.75) is 0 Å². The molecule has 0 aliphatic rings. The van der Waals surface area contributed by atoms with Crippen molar-refractivity contribution in [2.24, 2.45) is 0 Å². The van der Waals surface area contributed by atoms with E-state index in [1.807, 2.05) is 0 Å². The minimum absolute atomic E-state index is 0.0225. The second-order valence-corrected chi connectivity index (χ2v) is 3.15. The third-order valence-corrected chi connectivity index (χ3v) is 2.12. The maximum atomic E-state index is 13.2. The minimum Gasteiger partial charge on any atom is -0.367 e. The Bertz CT molecular complexity index is 597. The van der Waals surface area contributed by atoms with Gasteiger partial charge < -0.3 is 10.3 Å². The monoisotopic (exact) mass is 241 g/mol. The molecule has 0 aliphatic heterocycles. The van der Waals surface area contributed by atoms with Crippen LogP contribution >= 0.6 is 0 Å². The number of nitro benzene ring substituents is 1. The van der Waals surface area contributed by atoms with Crippen LogP contribution in [0.4, 0.5) is 20.4 Å². The molecule has 0 amide bonds. The number of nitrogens with zero attached hydrogens (tertiary/aromatic N) is 2. The van der Waals surface area contributed by atoms with E-state index >= 15 is 0 Å². The molecule has 0 spiro atoms. The van der Waals surface area contributed by atoms with Gasteiger partial charge in [-0.2, -0.15) is 4.39 Å². The van der Waals surface area contributed by atoms with E-state index in [9.17, 15) is 18.9 Å². The summed E-state index contributed by atoms with van der Waals surface area (Å²) in [6, 6.07) is 1.65. The van der Waals surface area contributed by atoms with E-state index in [4.69, 9.17) is 5.73 Å². The van der Waals surface area contributed by atoms with Gasteiger partial charge in [0.1, 0.15) is 0 Å². The van der Waals surface area contributed by atoms with Crippen molar-refractivity contribution in [2.75, 3.05) is 5.73 Å². The Hall–Kier alpha value is -2.51. The summed E-state index contributed by atoms with van der Waals surface area (Å²) in [6.07, 6.45) is 1.16. The molecular weight excluding hydrogens is 236 g/mol. The summed E-state index contributed by atoms with van der Waals surface area (Å²) in [4.78, 5) is 9.49. The van der Waals surface area contributed by atoms with Crippen LogP contribution in [0.5, 0.6) is 0 Å². The summed E-state index contributed by atoms with van der Waals surface area (Å²) in [6.45, 7) is 0. The Morgan fingerprint density at radius 2 is 2.12 bits per heavy atom. The maximum absolute atomic E-state index is 13.2. The Labute approximate surface area is 92.8 Å². The lowest BCUT2D eigenvalue weighted by atomic mass is 10.1. The molecule has 0 radical (unpaired) electrons. The first kappa shape index (κ1) is 11.0. The fraction of sp³-hybridized carbons (Fsp3) is 0. The molecule has 1 aromatic carbocycles. The molecule has 0 unspecified atom stereocenters. The molecule has 1 heterocycles. The number of nitrogens with two attached hydrogens (primary N) is 1. The van der Waals surface area contributed by atoms with Crippen LogP contribution in [-0.4, -0.2) is 10.1 Å². The number of rotatable bonds is 2. The van der Waals surface area contributed by atoms with Gasteiger partial charge >= 0.3 is 5.69 Å². The average Bonchev–Trinajstić information content (AvgIpc) is 2.68. The van der Waals surface area contributed by atoms with Crippen LogP contribution in [-0.2, 0) is 0 Å². The van der Waals surface area contributed by atoms with E-state index in [0.717, 1.165) is 18.3 Å². The SMILES string of the molecule is Nc1oncc1-c1cc(F)c(F)c([N+](=O)[O-])c1. The third kappa shape index (κ3) is 1.80. The quantitative estimate of drug-likeness (QED) is 0.641. The van der Waals surface area contributed by atoms with Gasteiger partial charge in [-0.15, -0.1) is 0 Å². The van der Waals surface area contributed by atoms with Crippen LogP contribution in [0.3, 0.4) is 0 Å². The minimum atomic E-state index is -1.52. The lowest BCUT2D eigenvalue weighted by Gasteiger charge is -2.00. The maximum Gasteiger partial charge on any atom is 0.308 e. The van der Waals surface area contributed by atoms with Gasteiger partial charge in [0, 0.05) is 6.07 Å². The number of nitro groups is 1. The molecule has 88 valence electrons. The normalized spacial score (nSPS) is 10.5. The topological polar surface area (TPSA) is 95.2 Å². The molecule has 2 N–H and O–H groups in total. The van der Waals surface area contributed by atoms with Gasteiger partial charge in [0.25, 0.3) is 0 Å². The van der Waals surface area contributed by atoms with E-state index in [2.05, 4.69) is 9.68 Å². The largest absolute Gasteiger partial charge is 0.367 e. The lowest BCUT2D eigenvalue weighted by molar-refractivity contribution is -0.387. The predicted molar refractivity (Wildman–Crippen MR) is 52.9 cm³/mol. The second-order valence-electron chi connectivity index (χ2n) is 3.15. The summed E-state index contributed by atoms with van der Waals surface area (Å²) in [7, 11) is 0. The van der Waals surface area contributed by atoms with Crippen molar-refractivity contribution >= 4 is 11.6 Å². The first-order valence-electron chi connectivity index (χ1n) is 4.34. The Balaban J connectivity index is 2.65. The van der Waals surface area contributed by atoms with Crippen molar-refractivity contribution < 1.29 is 18.2 Å². The molecule has 0 atom stereocenters. The predicted octanol–water partition coefficient (Wildman–Crippen LogP) is 2.11. The van der Waals surface area contributed by atoms with Crippen molar-refractivity contribution in [1.29, 1.82) is 0 Å². The lowest BCUT2D eigenvalue weighted by Crippen LogP contribution is -1.97. The van der Waals surface area contributed by atoms with Crippen molar-refractivity contribution in [3.8, 4) is 11.1 Å².